The lowest BCUT2D eigenvalue weighted by Crippen LogP contribution is -2.31. The summed E-state index contributed by atoms with van der Waals surface area (Å²) in [6.07, 6.45) is 6.50. The maximum absolute atomic E-state index is 11.9. The van der Waals surface area contributed by atoms with E-state index in [1.165, 1.54) is 12.8 Å². The molecular weight excluding hydrogens is 198 g/mol. The number of carbonyl (C=O) groups excluding carboxylic acids is 1. The summed E-state index contributed by atoms with van der Waals surface area (Å²) in [7, 11) is 0. The van der Waals surface area contributed by atoms with E-state index >= 15 is 0 Å². The van der Waals surface area contributed by atoms with Gasteiger partial charge in [0.05, 0.1) is 0 Å². The van der Waals surface area contributed by atoms with Gasteiger partial charge >= 0.3 is 0 Å². The Hall–Kier alpha value is -0.530. The summed E-state index contributed by atoms with van der Waals surface area (Å²) in [5.41, 5.74) is 0. The summed E-state index contributed by atoms with van der Waals surface area (Å²) < 4.78 is 0. The molecule has 0 bridgehead atoms. The van der Waals surface area contributed by atoms with Crippen molar-refractivity contribution in [2.45, 2.75) is 66.2 Å². The lowest BCUT2D eigenvalue weighted by atomic mass is 10.0. The van der Waals surface area contributed by atoms with Crippen molar-refractivity contribution in [3.8, 4) is 0 Å². The maximum Gasteiger partial charge on any atom is 0.222 e. The molecule has 0 rings (SSSR count). The summed E-state index contributed by atoms with van der Waals surface area (Å²) in [4.78, 5) is 13.9. The van der Waals surface area contributed by atoms with Gasteiger partial charge in [-0.15, -0.1) is 0 Å². The van der Waals surface area contributed by atoms with E-state index in [1.807, 2.05) is 4.90 Å². The summed E-state index contributed by atoms with van der Waals surface area (Å²) in [6.45, 7) is 10.5. The van der Waals surface area contributed by atoms with Crippen LogP contribution >= 0.6 is 0 Å². The van der Waals surface area contributed by atoms with Crippen LogP contribution in [-0.2, 0) is 4.79 Å². The molecular formula is C14H29NO. The van der Waals surface area contributed by atoms with Crippen molar-refractivity contribution in [3.63, 3.8) is 0 Å². The Balaban J connectivity index is 3.74. The predicted molar refractivity (Wildman–Crippen MR) is 70.5 cm³/mol. The number of hydrogen-bond acceptors (Lipinski definition) is 1. The van der Waals surface area contributed by atoms with E-state index in [2.05, 4.69) is 27.7 Å². The van der Waals surface area contributed by atoms with Gasteiger partial charge in [-0.1, -0.05) is 40.0 Å². The van der Waals surface area contributed by atoms with Gasteiger partial charge in [0.1, 0.15) is 0 Å². The highest BCUT2D eigenvalue weighted by molar-refractivity contribution is 5.76. The van der Waals surface area contributed by atoms with E-state index < -0.39 is 0 Å². The molecule has 0 aliphatic carbocycles. The molecule has 0 aromatic carbocycles. The summed E-state index contributed by atoms with van der Waals surface area (Å²) >= 11 is 0. The van der Waals surface area contributed by atoms with E-state index in [4.69, 9.17) is 0 Å². The first-order chi connectivity index (χ1) is 7.65. The van der Waals surface area contributed by atoms with Crippen molar-refractivity contribution in [1.29, 1.82) is 0 Å². The highest BCUT2D eigenvalue weighted by Gasteiger charge is 2.10. The zero-order valence-corrected chi connectivity index (χ0v) is 11.6. The smallest absolute Gasteiger partial charge is 0.222 e. The Labute approximate surface area is 101 Å². The molecule has 2 nitrogen and oxygen atoms in total. The van der Waals surface area contributed by atoms with Crippen molar-refractivity contribution < 1.29 is 4.79 Å². The van der Waals surface area contributed by atoms with Crippen molar-refractivity contribution in [1.82, 2.24) is 4.90 Å². The molecule has 96 valence electrons. The van der Waals surface area contributed by atoms with Crippen molar-refractivity contribution in [2.24, 2.45) is 5.92 Å². The first-order valence-electron chi connectivity index (χ1n) is 6.93. The van der Waals surface area contributed by atoms with E-state index in [-0.39, 0.29) is 0 Å². The van der Waals surface area contributed by atoms with Gasteiger partial charge < -0.3 is 4.90 Å². The van der Waals surface area contributed by atoms with Gasteiger partial charge in [-0.3, -0.25) is 4.79 Å². The first-order valence-corrected chi connectivity index (χ1v) is 6.93. The Bertz CT molecular complexity index is 180. The number of unbranched alkanes of at least 4 members (excludes halogenated alkanes) is 1. The second-order valence-electron chi connectivity index (χ2n) is 4.73. The number of amides is 1. The molecule has 0 aromatic rings. The minimum Gasteiger partial charge on any atom is -0.343 e. The maximum atomic E-state index is 11.9. The van der Waals surface area contributed by atoms with Gasteiger partial charge in [-0.05, 0) is 25.7 Å². The molecule has 1 amide bonds. The third kappa shape index (κ3) is 6.86. The van der Waals surface area contributed by atoms with Crippen LogP contribution in [0.15, 0.2) is 0 Å². The number of hydrogen-bond donors (Lipinski definition) is 0. The van der Waals surface area contributed by atoms with Gasteiger partial charge in [0.15, 0.2) is 0 Å². The van der Waals surface area contributed by atoms with Crippen LogP contribution in [0.3, 0.4) is 0 Å². The van der Waals surface area contributed by atoms with Gasteiger partial charge in [0.25, 0.3) is 0 Å². The van der Waals surface area contributed by atoms with Gasteiger partial charge in [0.2, 0.25) is 5.91 Å². The monoisotopic (exact) mass is 227 g/mol. The number of rotatable bonds is 9. The van der Waals surface area contributed by atoms with Crippen molar-refractivity contribution in [3.05, 3.63) is 0 Å². The topological polar surface area (TPSA) is 20.3 Å². The van der Waals surface area contributed by atoms with Gasteiger partial charge in [-0.25, -0.2) is 0 Å². The Morgan fingerprint density at radius 3 is 2.38 bits per heavy atom. The standard InChI is InChI=1S/C14H29NO/c1-5-8-12-15(7-3)14(16)11-9-10-13(4)6-2/h13H,5-12H2,1-4H3/t13-/m0/s1. The molecule has 0 aliphatic heterocycles. The largest absolute Gasteiger partial charge is 0.343 e. The fourth-order valence-electron chi connectivity index (χ4n) is 1.77. The molecule has 0 radical (unpaired) electrons. The van der Waals surface area contributed by atoms with Crippen LogP contribution in [0.5, 0.6) is 0 Å². The molecule has 0 saturated carbocycles. The molecule has 0 unspecified atom stereocenters. The molecule has 0 spiro atoms. The van der Waals surface area contributed by atoms with Crippen LogP contribution in [0.25, 0.3) is 0 Å². The van der Waals surface area contributed by atoms with Crippen LogP contribution in [0.4, 0.5) is 0 Å². The third-order valence-electron chi connectivity index (χ3n) is 3.30. The molecule has 0 N–H and O–H groups in total. The lowest BCUT2D eigenvalue weighted by Gasteiger charge is -2.20. The Morgan fingerprint density at radius 2 is 1.88 bits per heavy atom. The SMILES string of the molecule is CCCCN(CC)C(=O)CCC[C@@H](C)CC. The zero-order chi connectivity index (χ0) is 12.4. The van der Waals surface area contributed by atoms with Crippen LogP contribution in [-0.4, -0.2) is 23.9 Å². The fraction of sp³-hybridized carbons (Fsp3) is 0.929. The highest BCUT2D eigenvalue weighted by Crippen LogP contribution is 2.12. The average molecular weight is 227 g/mol. The van der Waals surface area contributed by atoms with Crippen molar-refractivity contribution >= 4 is 5.91 Å². The van der Waals surface area contributed by atoms with Gasteiger partial charge in [0, 0.05) is 19.5 Å². The summed E-state index contributed by atoms with van der Waals surface area (Å²) in [5.74, 6) is 1.11. The van der Waals surface area contributed by atoms with Gasteiger partial charge in [-0.2, -0.15) is 0 Å². The molecule has 0 fully saturated rings. The van der Waals surface area contributed by atoms with Crippen LogP contribution in [0, 0.1) is 5.92 Å². The van der Waals surface area contributed by atoms with E-state index in [1.54, 1.807) is 0 Å². The number of carbonyl (C=O) groups is 1. The average Bonchev–Trinajstić information content (AvgIpc) is 2.29. The predicted octanol–water partition coefficient (Wildman–Crippen LogP) is 3.85. The lowest BCUT2D eigenvalue weighted by molar-refractivity contribution is -0.131. The number of nitrogens with zero attached hydrogens (tertiary/aromatic N) is 1. The second-order valence-corrected chi connectivity index (χ2v) is 4.73. The first kappa shape index (κ1) is 15.5. The quantitative estimate of drug-likeness (QED) is 0.586. The van der Waals surface area contributed by atoms with E-state index in [0.29, 0.717) is 5.91 Å². The van der Waals surface area contributed by atoms with Crippen LogP contribution in [0.2, 0.25) is 0 Å². The normalized spacial score (nSPS) is 12.5. The van der Waals surface area contributed by atoms with E-state index in [0.717, 1.165) is 44.7 Å². The molecule has 16 heavy (non-hydrogen) atoms. The van der Waals surface area contributed by atoms with Crippen LogP contribution in [0.1, 0.15) is 66.2 Å². The fourth-order valence-corrected chi connectivity index (χ4v) is 1.77. The molecule has 0 saturated heterocycles. The Kier molecular flexibility index (Phi) is 9.36. The summed E-state index contributed by atoms with van der Waals surface area (Å²) in [5, 5.41) is 0. The minimum atomic E-state index is 0.347. The molecule has 1 atom stereocenters. The molecule has 0 aliphatic rings. The third-order valence-corrected chi connectivity index (χ3v) is 3.30. The van der Waals surface area contributed by atoms with E-state index in [9.17, 15) is 4.79 Å². The highest BCUT2D eigenvalue weighted by atomic mass is 16.2. The van der Waals surface area contributed by atoms with Crippen LogP contribution < -0.4 is 0 Å². The van der Waals surface area contributed by atoms with Crippen molar-refractivity contribution in [2.75, 3.05) is 13.1 Å². The second kappa shape index (κ2) is 9.68. The zero-order valence-electron chi connectivity index (χ0n) is 11.6. The molecule has 0 heterocycles. The Morgan fingerprint density at radius 1 is 1.19 bits per heavy atom. The summed E-state index contributed by atoms with van der Waals surface area (Å²) in [6, 6.07) is 0. The molecule has 0 aromatic heterocycles. The minimum absolute atomic E-state index is 0.347. The molecule has 2 heteroatoms.